The monoisotopic (exact) mass is 307 g/mol. The Kier molecular flexibility index (Phi) is 4.44. The third-order valence-corrected chi connectivity index (χ3v) is 2.82. The fourth-order valence-electron chi connectivity index (χ4n) is 1.72. The van der Waals surface area contributed by atoms with Crippen molar-refractivity contribution in [2.45, 2.75) is 6.92 Å². The van der Waals surface area contributed by atoms with Gasteiger partial charge in [0.25, 0.3) is 5.69 Å². The van der Waals surface area contributed by atoms with Gasteiger partial charge in [-0.25, -0.2) is 14.8 Å². The topological polar surface area (TPSA) is 95.2 Å². The summed E-state index contributed by atoms with van der Waals surface area (Å²) in [6, 6.07) is 5.44. The number of nitro benzene ring substituents is 1. The first-order valence-corrected chi connectivity index (χ1v) is 6.34. The van der Waals surface area contributed by atoms with Crippen molar-refractivity contribution >= 4 is 23.3 Å². The van der Waals surface area contributed by atoms with Crippen LogP contribution in [-0.4, -0.2) is 27.5 Å². The predicted octanol–water partition coefficient (Wildman–Crippen LogP) is 2.88. The third-order valence-electron chi connectivity index (χ3n) is 2.62. The number of nitrogens with zero attached hydrogens (tertiary/aromatic N) is 3. The van der Waals surface area contributed by atoms with E-state index in [9.17, 15) is 14.9 Å². The quantitative estimate of drug-likeness (QED) is 0.373. The molecular formula is C13H10ClN3O4. The lowest BCUT2D eigenvalue weighted by atomic mass is 10.1. The number of hydrogen-bond acceptors (Lipinski definition) is 6. The molecule has 0 fully saturated rings. The van der Waals surface area contributed by atoms with Crippen LogP contribution in [0.1, 0.15) is 17.3 Å². The standard InChI is InChI=1S/C13H10ClN3O4/c1-2-21-13(18)8-3-4-9(11(5-8)17(19)20)10-6-12(14)16-7-15-10/h3-7H,2H2,1H3. The zero-order chi connectivity index (χ0) is 15.4. The lowest BCUT2D eigenvalue weighted by Gasteiger charge is -2.05. The van der Waals surface area contributed by atoms with Gasteiger partial charge in [-0.15, -0.1) is 0 Å². The number of ether oxygens (including phenoxy) is 1. The summed E-state index contributed by atoms with van der Waals surface area (Å²) >= 11 is 5.75. The number of rotatable bonds is 4. The van der Waals surface area contributed by atoms with Crippen molar-refractivity contribution in [1.82, 2.24) is 9.97 Å². The Labute approximate surface area is 124 Å². The smallest absolute Gasteiger partial charge is 0.338 e. The molecule has 0 N–H and O–H groups in total. The normalized spacial score (nSPS) is 10.2. The van der Waals surface area contributed by atoms with Gasteiger partial charge in [0.2, 0.25) is 0 Å². The Morgan fingerprint density at radius 3 is 2.76 bits per heavy atom. The average molecular weight is 308 g/mol. The van der Waals surface area contributed by atoms with E-state index >= 15 is 0 Å². The van der Waals surface area contributed by atoms with Crippen LogP contribution in [0.2, 0.25) is 5.15 Å². The van der Waals surface area contributed by atoms with E-state index in [1.165, 1.54) is 24.5 Å². The highest BCUT2D eigenvalue weighted by molar-refractivity contribution is 6.29. The summed E-state index contributed by atoms with van der Waals surface area (Å²) in [5.74, 6) is -0.618. The summed E-state index contributed by atoms with van der Waals surface area (Å²) in [6.07, 6.45) is 1.21. The molecule has 0 saturated heterocycles. The molecule has 1 heterocycles. The highest BCUT2D eigenvalue weighted by atomic mass is 35.5. The Bertz CT molecular complexity index is 706. The maximum atomic E-state index is 11.6. The van der Waals surface area contributed by atoms with Gasteiger partial charge in [-0.3, -0.25) is 10.1 Å². The molecule has 1 aromatic heterocycles. The van der Waals surface area contributed by atoms with E-state index in [-0.39, 0.29) is 28.6 Å². The highest BCUT2D eigenvalue weighted by Gasteiger charge is 2.20. The zero-order valence-electron chi connectivity index (χ0n) is 10.9. The van der Waals surface area contributed by atoms with Gasteiger partial charge in [0.1, 0.15) is 11.5 Å². The molecule has 21 heavy (non-hydrogen) atoms. The SMILES string of the molecule is CCOC(=O)c1ccc(-c2cc(Cl)ncn2)c([N+](=O)[O-])c1. The van der Waals surface area contributed by atoms with Crippen LogP contribution >= 0.6 is 11.6 Å². The van der Waals surface area contributed by atoms with Crippen LogP contribution in [0.5, 0.6) is 0 Å². The second-order valence-electron chi connectivity index (χ2n) is 3.94. The van der Waals surface area contributed by atoms with E-state index in [2.05, 4.69) is 9.97 Å². The predicted molar refractivity (Wildman–Crippen MR) is 75.1 cm³/mol. The number of carbonyl (C=O) groups is 1. The van der Waals surface area contributed by atoms with Crippen molar-refractivity contribution in [1.29, 1.82) is 0 Å². The summed E-state index contributed by atoms with van der Waals surface area (Å²) < 4.78 is 4.82. The van der Waals surface area contributed by atoms with Crippen molar-refractivity contribution < 1.29 is 14.5 Å². The van der Waals surface area contributed by atoms with Gasteiger partial charge < -0.3 is 4.74 Å². The summed E-state index contributed by atoms with van der Waals surface area (Å²) in [4.78, 5) is 29.9. The van der Waals surface area contributed by atoms with Gasteiger partial charge in [0.05, 0.1) is 28.4 Å². The van der Waals surface area contributed by atoms with E-state index in [0.29, 0.717) is 5.69 Å². The number of halogens is 1. The molecule has 8 heteroatoms. The molecule has 0 aliphatic carbocycles. The summed E-state index contributed by atoms with van der Waals surface area (Å²) in [5.41, 5.74) is 0.400. The molecule has 0 aliphatic heterocycles. The number of nitro groups is 1. The van der Waals surface area contributed by atoms with Crippen LogP contribution < -0.4 is 0 Å². The number of benzene rings is 1. The summed E-state index contributed by atoms with van der Waals surface area (Å²) in [7, 11) is 0. The van der Waals surface area contributed by atoms with Gasteiger partial charge in [0, 0.05) is 12.1 Å². The molecule has 108 valence electrons. The zero-order valence-corrected chi connectivity index (χ0v) is 11.7. The fourth-order valence-corrected chi connectivity index (χ4v) is 1.87. The first-order chi connectivity index (χ1) is 10.0. The van der Waals surface area contributed by atoms with E-state index in [1.54, 1.807) is 6.92 Å². The second-order valence-corrected chi connectivity index (χ2v) is 4.32. The Morgan fingerprint density at radius 2 is 2.14 bits per heavy atom. The number of hydrogen-bond donors (Lipinski definition) is 0. The molecule has 0 spiro atoms. The largest absolute Gasteiger partial charge is 0.462 e. The van der Waals surface area contributed by atoms with E-state index in [1.807, 2.05) is 0 Å². The number of carbonyl (C=O) groups excluding carboxylic acids is 1. The molecule has 0 atom stereocenters. The molecule has 2 rings (SSSR count). The van der Waals surface area contributed by atoms with Gasteiger partial charge in [-0.05, 0) is 19.1 Å². The average Bonchev–Trinajstić information content (AvgIpc) is 2.46. The molecule has 0 unspecified atom stereocenters. The molecule has 2 aromatic rings. The number of aromatic nitrogens is 2. The van der Waals surface area contributed by atoms with Crippen LogP contribution in [0, 0.1) is 10.1 Å². The lowest BCUT2D eigenvalue weighted by Crippen LogP contribution is -2.05. The molecule has 0 aliphatic rings. The summed E-state index contributed by atoms with van der Waals surface area (Å²) in [5, 5.41) is 11.4. The van der Waals surface area contributed by atoms with Gasteiger partial charge in [-0.2, -0.15) is 0 Å². The van der Waals surface area contributed by atoms with Gasteiger partial charge >= 0.3 is 5.97 Å². The van der Waals surface area contributed by atoms with Crippen molar-refractivity contribution in [3.63, 3.8) is 0 Å². The minimum Gasteiger partial charge on any atom is -0.462 e. The first kappa shape index (κ1) is 14.9. The minimum absolute atomic E-state index is 0.104. The van der Waals surface area contributed by atoms with Gasteiger partial charge in [0.15, 0.2) is 0 Å². The molecule has 7 nitrogen and oxygen atoms in total. The summed E-state index contributed by atoms with van der Waals surface area (Å²) in [6.45, 7) is 1.85. The molecular weight excluding hydrogens is 298 g/mol. The fraction of sp³-hybridized carbons (Fsp3) is 0.154. The van der Waals surface area contributed by atoms with Crippen LogP contribution in [0.25, 0.3) is 11.3 Å². The minimum atomic E-state index is -0.618. The van der Waals surface area contributed by atoms with Crippen LogP contribution in [-0.2, 0) is 4.74 Å². The lowest BCUT2D eigenvalue weighted by molar-refractivity contribution is -0.384. The maximum Gasteiger partial charge on any atom is 0.338 e. The van der Waals surface area contributed by atoms with Crippen molar-refractivity contribution in [3.8, 4) is 11.3 Å². The Morgan fingerprint density at radius 1 is 1.38 bits per heavy atom. The van der Waals surface area contributed by atoms with Crippen LogP contribution in [0.3, 0.4) is 0 Å². The number of esters is 1. The third kappa shape index (κ3) is 3.32. The van der Waals surface area contributed by atoms with E-state index in [4.69, 9.17) is 16.3 Å². The molecule has 0 bridgehead atoms. The molecule has 0 saturated carbocycles. The van der Waals surface area contributed by atoms with Crippen LogP contribution in [0.4, 0.5) is 5.69 Å². The molecule has 0 amide bonds. The highest BCUT2D eigenvalue weighted by Crippen LogP contribution is 2.30. The Balaban J connectivity index is 2.52. The van der Waals surface area contributed by atoms with Crippen molar-refractivity contribution in [3.05, 3.63) is 51.4 Å². The van der Waals surface area contributed by atoms with Gasteiger partial charge in [-0.1, -0.05) is 11.6 Å². The molecule has 1 aromatic carbocycles. The maximum absolute atomic E-state index is 11.6. The first-order valence-electron chi connectivity index (χ1n) is 5.96. The Hall–Kier alpha value is -2.54. The van der Waals surface area contributed by atoms with Crippen molar-refractivity contribution in [2.24, 2.45) is 0 Å². The van der Waals surface area contributed by atoms with E-state index < -0.39 is 10.9 Å². The molecule has 0 radical (unpaired) electrons. The van der Waals surface area contributed by atoms with Crippen molar-refractivity contribution in [2.75, 3.05) is 6.61 Å². The van der Waals surface area contributed by atoms with Crippen LogP contribution in [0.15, 0.2) is 30.6 Å². The second kappa shape index (κ2) is 6.27. The van der Waals surface area contributed by atoms with E-state index in [0.717, 1.165) is 6.07 Å².